The maximum atomic E-state index is 12.4. The van der Waals surface area contributed by atoms with Gasteiger partial charge in [0.05, 0.1) is 0 Å². The minimum Gasteiger partial charge on any atom is -0.369 e. The van der Waals surface area contributed by atoms with Crippen LogP contribution in [-0.4, -0.2) is 86.2 Å². The summed E-state index contributed by atoms with van der Waals surface area (Å²) in [5, 5.41) is 3.03. The number of amides is 2. The zero-order chi connectivity index (χ0) is 17.8. The quantitative estimate of drug-likeness (QED) is 0.910. The highest BCUT2D eigenvalue weighted by Gasteiger charge is 2.22. The van der Waals surface area contributed by atoms with Gasteiger partial charge in [-0.05, 0) is 45.2 Å². The van der Waals surface area contributed by atoms with Crippen LogP contribution in [0.25, 0.3) is 0 Å². The van der Waals surface area contributed by atoms with Crippen LogP contribution in [0.3, 0.4) is 0 Å². The van der Waals surface area contributed by atoms with Crippen molar-refractivity contribution in [1.82, 2.24) is 14.7 Å². The van der Waals surface area contributed by atoms with Crippen molar-refractivity contribution in [2.45, 2.75) is 19.9 Å². The van der Waals surface area contributed by atoms with Crippen LogP contribution in [0.15, 0.2) is 24.3 Å². The molecule has 2 fully saturated rings. The Hall–Kier alpha value is -1.79. The fourth-order valence-electron chi connectivity index (χ4n) is 3.46. The summed E-state index contributed by atoms with van der Waals surface area (Å²) in [5.41, 5.74) is 2.10. The molecule has 2 aliphatic heterocycles. The Morgan fingerprint density at radius 3 is 2.08 bits per heavy atom. The molecule has 1 N–H and O–H groups in total. The smallest absolute Gasteiger partial charge is 0.321 e. The van der Waals surface area contributed by atoms with Crippen LogP contribution < -0.4 is 10.2 Å². The average molecular weight is 345 g/mol. The molecule has 0 spiro atoms. The number of anilines is 2. The lowest BCUT2D eigenvalue weighted by molar-refractivity contribution is 0.125. The third-order valence-corrected chi connectivity index (χ3v) is 5.32. The van der Waals surface area contributed by atoms with Crippen LogP contribution in [-0.2, 0) is 0 Å². The zero-order valence-electron chi connectivity index (χ0n) is 15.7. The van der Waals surface area contributed by atoms with E-state index in [0.29, 0.717) is 6.04 Å². The first-order chi connectivity index (χ1) is 12.0. The normalized spacial score (nSPS) is 20.2. The van der Waals surface area contributed by atoms with Gasteiger partial charge in [-0.15, -0.1) is 0 Å². The van der Waals surface area contributed by atoms with Crippen molar-refractivity contribution in [3.05, 3.63) is 24.3 Å². The third-order valence-electron chi connectivity index (χ3n) is 5.32. The van der Waals surface area contributed by atoms with Crippen LogP contribution in [0, 0.1) is 0 Å². The molecule has 0 unspecified atom stereocenters. The SMILES string of the molecule is CC(C)N1CCN(C(=O)Nc2ccc(N3CCN(C)CC3)cc2)CC1. The molecule has 3 rings (SSSR count). The van der Waals surface area contributed by atoms with Crippen LogP contribution in [0.4, 0.5) is 16.2 Å². The first-order valence-corrected chi connectivity index (χ1v) is 9.36. The molecule has 0 atom stereocenters. The Morgan fingerprint density at radius 2 is 1.52 bits per heavy atom. The highest BCUT2D eigenvalue weighted by atomic mass is 16.2. The average Bonchev–Trinajstić information content (AvgIpc) is 2.63. The summed E-state index contributed by atoms with van der Waals surface area (Å²) in [7, 11) is 2.16. The van der Waals surface area contributed by atoms with Crippen molar-refractivity contribution in [2.24, 2.45) is 0 Å². The van der Waals surface area contributed by atoms with Gasteiger partial charge in [-0.1, -0.05) is 0 Å². The van der Waals surface area contributed by atoms with Crippen molar-refractivity contribution in [1.29, 1.82) is 0 Å². The van der Waals surface area contributed by atoms with Gasteiger partial charge in [0.15, 0.2) is 0 Å². The van der Waals surface area contributed by atoms with Crippen LogP contribution in [0.2, 0.25) is 0 Å². The van der Waals surface area contributed by atoms with Gasteiger partial charge >= 0.3 is 6.03 Å². The topological polar surface area (TPSA) is 42.1 Å². The van der Waals surface area contributed by atoms with Crippen molar-refractivity contribution in [3.63, 3.8) is 0 Å². The van der Waals surface area contributed by atoms with Crippen LogP contribution >= 0.6 is 0 Å². The van der Waals surface area contributed by atoms with Crippen molar-refractivity contribution < 1.29 is 4.79 Å². The highest BCUT2D eigenvalue weighted by molar-refractivity contribution is 5.89. The number of likely N-dealkylation sites (N-methyl/N-ethyl adjacent to an activating group) is 1. The molecular weight excluding hydrogens is 314 g/mol. The number of benzene rings is 1. The number of nitrogens with zero attached hydrogens (tertiary/aromatic N) is 4. The summed E-state index contributed by atoms with van der Waals surface area (Å²) in [6.45, 7) is 12.2. The summed E-state index contributed by atoms with van der Waals surface area (Å²) in [6.07, 6.45) is 0. The van der Waals surface area contributed by atoms with Gasteiger partial charge in [0.25, 0.3) is 0 Å². The molecule has 0 radical (unpaired) electrons. The molecule has 1 aromatic rings. The standard InChI is InChI=1S/C19H31N5O/c1-16(2)22-12-14-24(15-13-22)19(25)20-17-4-6-18(7-5-17)23-10-8-21(3)9-11-23/h4-7,16H,8-15H2,1-3H3,(H,20,25). The van der Waals surface area contributed by atoms with E-state index in [4.69, 9.17) is 0 Å². The maximum absolute atomic E-state index is 12.4. The lowest BCUT2D eigenvalue weighted by atomic mass is 10.2. The van der Waals surface area contributed by atoms with E-state index < -0.39 is 0 Å². The Balaban J connectivity index is 1.50. The maximum Gasteiger partial charge on any atom is 0.321 e. The monoisotopic (exact) mass is 345 g/mol. The molecule has 2 saturated heterocycles. The van der Waals surface area contributed by atoms with E-state index in [9.17, 15) is 4.79 Å². The summed E-state index contributed by atoms with van der Waals surface area (Å²) >= 11 is 0. The Kier molecular flexibility index (Phi) is 5.81. The van der Waals surface area contributed by atoms with E-state index >= 15 is 0 Å². The number of hydrogen-bond donors (Lipinski definition) is 1. The largest absolute Gasteiger partial charge is 0.369 e. The fourth-order valence-corrected chi connectivity index (χ4v) is 3.46. The van der Waals surface area contributed by atoms with Crippen molar-refractivity contribution >= 4 is 17.4 Å². The lowest BCUT2D eigenvalue weighted by Gasteiger charge is -2.36. The minimum atomic E-state index is 0.00996. The minimum absolute atomic E-state index is 0.00996. The van der Waals surface area contributed by atoms with E-state index in [1.165, 1.54) is 5.69 Å². The van der Waals surface area contributed by atoms with E-state index in [1.54, 1.807) is 0 Å². The second-order valence-electron chi connectivity index (χ2n) is 7.38. The number of urea groups is 1. The van der Waals surface area contributed by atoms with Gasteiger partial charge in [0.1, 0.15) is 0 Å². The number of nitrogens with one attached hydrogen (secondary N) is 1. The molecule has 25 heavy (non-hydrogen) atoms. The molecule has 1 aromatic carbocycles. The summed E-state index contributed by atoms with van der Waals surface area (Å²) < 4.78 is 0. The zero-order valence-corrected chi connectivity index (χ0v) is 15.7. The molecule has 0 bridgehead atoms. The fraction of sp³-hybridized carbons (Fsp3) is 0.632. The second kappa shape index (κ2) is 8.06. The summed E-state index contributed by atoms with van der Waals surface area (Å²) in [4.78, 5) is 21.5. The lowest BCUT2D eigenvalue weighted by Crippen LogP contribution is -2.51. The molecule has 6 heteroatoms. The molecule has 0 aromatic heterocycles. The van der Waals surface area contributed by atoms with Gasteiger partial charge in [-0.25, -0.2) is 4.79 Å². The number of carbonyl (C=O) groups excluding carboxylic acids is 1. The summed E-state index contributed by atoms with van der Waals surface area (Å²) in [5.74, 6) is 0. The number of rotatable bonds is 3. The molecule has 6 nitrogen and oxygen atoms in total. The Labute approximate surface area is 151 Å². The molecular formula is C19H31N5O. The van der Waals surface area contributed by atoms with E-state index in [2.05, 4.69) is 53.0 Å². The van der Waals surface area contributed by atoms with Gasteiger partial charge in [-0.2, -0.15) is 0 Å². The molecule has 2 amide bonds. The van der Waals surface area contributed by atoms with Crippen LogP contribution in [0.1, 0.15) is 13.8 Å². The Bertz CT molecular complexity index is 558. The molecule has 0 saturated carbocycles. The first kappa shape index (κ1) is 18.0. The molecule has 138 valence electrons. The third kappa shape index (κ3) is 4.64. The van der Waals surface area contributed by atoms with E-state index in [-0.39, 0.29) is 6.03 Å². The van der Waals surface area contributed by atoms with Gasteiger partial charge in [0, 0.05) is 69.8 Å². The first-order valence-electron chi connectivity index (χ1n) is 9.36. The van der Waals surface area contributed by atoms with Crippen molar-refractivity contribution in [2.75, 3.05) is 69.6 Å². The Morgan fingerprint density at radius 1 is 0.920 bits per heavy atom. The van der Waals surface area contributed by atoms with E-state index in [1.807, 2.05) is 17.0 Å². The number of piperazine rings is 2. The van der Waals surface area contributed by atoms with Gasteiger partial charge in [-0.3, -0.25) is 4.90 Å². The predicted molar refractivity (Wildman–Crippen MR) is 103 cm³/mol. The molecule has 2 aliphatic rings. The van der Waals surface area contributed by atoms with Crippen molar-refractivity contribution in [3.8, 4) is 0 Å². The number of hydrogen-bond acceptors (Lipinski definition) is 4. The number of carbonyl (C=O) groups is 1. The molecule has 2 heterocycles. The van der Waals surface area contributed by atoms with Crippen LogP contribution in [0.5, 0.6) is 0 Å². The van der Waals surface area contributed by atoms with Gasteiger partial charge in [0.2, 0.25) is 0 Å². The van der Waals surface area contributed by atoms with E-state index in [0.717, 1.165) is 58.0 Å². The predicted octanol–water partition coefficient (Wildman–Crippen LogP) is 2.00. The summed E-state index contributed by atoms with van der Waals surface area (Å²) in [6, 6.07) is 8.80. The highest BCUT2D eigenvalue weighted by Crippen LogP contribution is 2.19. The van der Waals surface area contributed by atoms with Gasteiger partial charge < -0.3 is 20.0 Å². The second-order valence-corrected chi connectivity index (χ2v) is 7.38. The molecule has 0 aliphatic carbocycles.